The van der Waals surface area contributed by atoms with Crippen LogP contribution < -0.4 is 5.48 Å². The van der Waals surface area contributed by atoms with E-state index in [-0.39, 0.29) is 23.8 Å². The number of amides is 2. The van der Waals surface area contributed by atoms with Crippen LogP contribution in [-0.2, 0) is 14.4 Å². The number of hydrogen-bond acceptors (Lipinski definition) is 5. The molecular weight excluding hydrogens is 334 g/mol. The van der Waals surface area contributed by atoms with E-state index < -0.39 is 12.0 Å². The fourth-order valence-electron chi connectivity index (χ4n) is 3.96. The van der Waals surface area contributed by atoms with Gasteiger partial charge in [0.25, 0.3) is 5.91 Å². The molecule has 1 N–H and O–H groups in total. The summed E-state index contributed by atoms with van der Waals surface area (Å²) >= 11 is 0. The Kier molecular flexibility index (Phi) is 5.96. The van der Waals surface area contributed by atoms with Gasteiger partial charge in [-0.3, -0.25) is 14.4 Å². The summed E-state index contributed by atoms with van der Waals surface area (Å²) in [5.41, 5.74) is 3.34. The van der Waals surface area contributed by atoms with Gasteiger partial charge in [0.15, 0.2) is 0 Å². The summed E-state index contributed by atoms with van der Waals surface area (Å²) in [5, 5.41) is 3.91. The summed E-state index contributed by atoms with van der Waals surface area (Å²) in [6.07, 6.45) is 5.81. The van der Waals surface area contributed by atoms with Crippen LogP contribution in [0.3, 0.4) is 0 Å². The Morgan fingerprint density at radius 3 is 2.62 bits per heavy atom. The van der Waals surface area contributed by atoms with E-state index in [0.29, 0.717) is 18.7 Å². The number of carbonyl (C=O) groups is 2. The van der Waals surface area contributed by atoms with Crippen LogP contribution in [0, 0.1) is 12.8 Å². The largest absolute Gasteiger partial charge is 0.360 e. The molecule has 7 nitrogen and oxygen atoms in total. The molecule has 1 aliphatic carbocycles. The molecule has 1 aliphatic heterocycles. The standard InChI is InChI=1S/C19H29N3O4/c1-12(2)17(16-11-13(3)20-26-16)19(24)22-10-6-9-15(22)18(23)21-25-14-7-4-5-8-14/h11-12,14-15,17H,4-10H2,1-3H3,(H,21,23). The summed E-state index contributed by atoms with van der Waals surface area (Å²) in [5.74, 6) is -0.112. The van der Waals surface area contributed by atoms with Crippen LogP contribution in [0.5, 0.6) is 0 Å². The highest BCUT2D eigenvalue weighted by Gasteiger charge is 2.40. The minimum atomic E-state index is -0.478. The Balaban J connectivity index is 1.67. The molecule has 2 heterocycles. The van der Waals surface area contributed by atoms with Crippen LogP contribution >= 0.6 is 0 Å². The second-order valence-corrected chi connectivity index (χ2v) is 7.77. The average Bonchev–Trinajstić information content (AvgIpc) is 3.34. The van der Waals surface area contributed by atoms with Crippen molar-refractivity contribution in [3.05, 3.63) is 17.5 Å². The Morgan fingerprint density at radius 2 is 2.00 bits per heavy atom. The molecule has 2 aliphatic rings. The minimum Gasteiger partial charge on any atom is -0.360 e. The summed E-state index contributed by atoms with van der Waals surface area (Å²) in [7, 11) is 0. The van der Waals surface area contributed by atoms with Crippen molar-refractivity contribution in [3.63, 3.8) is 0 Å². The molecule has 2 unspecified atom stereocenters. The second-order valence-electron chi connectivity index (χ2n) is 7.77. The van der Waals surface area contributed by atoms with Crippen molar-refractivity contribution in [2.45, 2.75) is 77.4 Å². The van der Waals surface area contributed by atoms with Crippen LogP contribution in [0.2, 0.25) is 0 Å². The quantitative estimate of drug-likeness (QED) is 0.786. The van der Waals surface area contributed by atoms with Crippen molar-refractivity contribution in [1.29, 1.82) is 0 Å². The smallest absolute Gasteiger partial charge is 0.266 e. The SMILES string of the molecule is Cc1cc(C(C(=O)N2CCCC2C(=O)NOC2CCCC2)C(C)C)on1. The highest BCUT2D eigenvalue weighted by atomic mass is 16.7. The maximum atomic E-state index is 13.2. The molecule has 1 saturated heterocycles. The van der Waals surface area contributed by atoms with Gasteiger partial charge in [-0.05, 0) is 38.5 Å². The van der Waals surface area contributed by atoms with Crippen molar-refractivity contribution in [2.75, 3.05) is 6.54 Å². The van der Waals surface area contributed by atoms with Crippen LogP contribution in [0.4, 0.5) is 0 Å². The molecule has 0 aromatic carbocycles. The van der Waals surface area contributed by atoms with Crippen LogP contribution in [0.25, 0.3) is 0 Å². The van der Waals surface area contributed by atoms with E-state index >= 15 is 0 Å². The van der Waals surface area contributed by atoms with Gasteiger partial charge in [0.05, 0.1) is 11.8 Å². The first-order valence-corrected chi connectivity index (χ1v) is 9.66. The van der Waals surface area contributed by atoms with Crippen molar-refractivity contribution < 1.29 is 18.9 Å². The van der Waals surface area contributed by atoms with E-state index in [1.54, 1.807) is 11.0 Å². The van der Waals surface area contributed by atoms with Crippen molar-refractivity contribution in [2.24, 2.45) is 5.92 Å². The van der Waals surface area contributed by atoms with Gasteiger partial charge in [-0.1, -0.05) is 31.8 Å². The lowest BCUT2D eigenvalue weighted by Gasteiger charge is -2.29. The molecule has 3 rings (SSSR count). The Bertz CT molecular complexity index is 636. The van der Waals surface area contributed by atoms with Crippen molar-refractivity contribution in [3.8, 4) is 0 Å². The van der Waals surface area contributed by atoms with Crippen molar-refractivity contribution >= 4 is 11.8 Å². The zero-order chi connectivity index (χ0) is 18.7. The van der Waals surface area contributed by atoms with Crippen LogP contribution in [0.15, 0.2) is 10.6 Å². The molecule has 1 aromatic rings. The van der Waals surface area contributed by atoms with Crippen molar-refractivity contribution in [1.82, 2.24) is 15.5 Å². The molecular formula is C19H29N3O4. The third-order valence-corrected chi connectivity index (χ3v) is 5.35. The number of aromatic nitrogens is 1. The van der Waals surface area contributed by atoms with Gasteiger partial charge in [-0.2, -0.15) is 0 Å². The predicted molar refractivity (Wildman–Crippen MR) is 95.0 cm³/mol. The average molecular weight is 363 g/mol. The molecule has 0 spiro atoms. The number of aryl methyl sites for hydroxylation is 1. The van der Waals surface area contributed by atoms with E-state index in [1.165, 1.54) is 0 Å². The number of nitrogens with one attached hydrogen (secondary N) is 1. The first-order valence-electron chi connectivity index (χ1n) is 9.66. The maximum absolute atomic E-state index is 13.2. The Morgan fingerprint density at radius 1 is 1.27 bits per heavy atom. The molecule has 2 amide bonds. The fraction of sp³-hybridized carbons (Fsp3) is 0.737. The number of carbonyl (C=O) groups excluding carboxylic acids is 2. The molecule has 26 heavy (non-hydrogen) atoms. The van der Waals surface area contributed by atoms with E-state index in [9.17, 15) is 9.59 Å². The van der Waals surface area contributed by atoms with Gasteiger partial charge < -0.3 is 9.42 Å². The maximum Gasteiger partial charge on any atom is 0.266 e. The lowest BCUT2D eigenvalue weighted by atomic mass is 9.91. The zero-order valence-corrected chi connectivity index (χ0v) is 15.9. The van der Waals surface area contributed by atoms with Gasteiger partial charge in [0, 0.05) is 12.6 Å². The first kappa shape index (κ1) is 18.9. The third kappa shape index (κ3) is 4.09. The van der Waals surface area contributed by atoms with Crippen LogP contribution in [-0.4, -0.2) is 40.6 Å². The fourth-order valence-corrected chi connectivity index (χ4v) is 3.96. The summed E-state index contributed by atoms with van der Waals surface area (Å²) in [6.45, 7) is 6.38. The van der Waals surface area contributed by atoms with Gasteiger partial charge in [0.1, 0.15) is 17.7 Å². The Labute approximate surface area is 154 Å². The van der Waals surface area contributed by atoms with Gasteiger partial charge >= 0.3 is 0 Å². The topological polar surface area (TPSA) is 84.7 Å². The van der Waals surface area contributed by atoms with E-state index in [4.69, 9.17) is 9.36 Å². The number of nitrogens with zero attached hydrogens (tertiary/aromatic N) is 2. The summed E-state index contributed by atoms with van der Waals surface area (Å²) in [6, 6.07) is 1.32. The lowest BCUT2D eigenvalue weighted by Crippen LogP contribution is -2.48. The van der Waals surface area contributed by atoms with E-state index in [1.807, 2.05) is 20.8 Å². The molecule has 1 saturated carbocycles. The normalized spacial score (nSPS) is 22.2. The lowest BCUT2D eigenvalue weighted by molar-refractivity contribution is -0.149. The highest BCUT2D eigenvalue weighted by molar-refractivity contribution is 5.90. The highest BCUT2D eigenvalue weighted by Crippen LogP contribution is 2.31. The van der Waals surface area contributed by atoms with Gasteiger partial charge in [-0.25, -0.2) is 5.48 Å². The second kappa shape index (κ2) is 8.20. The van der Waals surface area contributed by atoms with Gasteiger partial charge in [-0.15, -0.1) is 0 Å². The summed E-state index contributed by atoms with van der Waals surface area (Å²) < 4.78 is 5.36. The molecule has 7 heteroatoms. The summed E-state index contributed by atoms with van der Waals surface area (Å²) in [4.78, 5) is 33.0. The monoisotopic (exact) mass is 363 g/mol. The number of rotatable bonds is 6. The third-order valence-electron chi connectivity index (χ3n) is 5.35. The first-order chi connectivity index (χ1) is 12.5. The minimum absolute atomic E-state index is 0.0499. The molecule has 144 valence electrons. The van der Waals surface area contributed by atoms with Gasteiger partial charge in [0.2, 0.25) is 5.91 Å². The number of likely N-dealkylation sites (tertiary alicyclic amines) is 1. The molecule has 2 fully saturated rings. The molecule has 1 aromatic heterocycles. The molecule has 2 atom stereocenters. The van der Waals surface area contributed by atoms with Crippen LogP contribution in [0.1, 0.15) is 69.7 Å². The predicted octanol–water partition coefficient (Wildman–Crippen LogP) is 2.70. The number of hydrogen-bond donors (Lipinski definition) is 1. The van der Waals surface area contributed by atoms with E-state index in [2.05, 4.69) is 10.6 Å². The Hall–Kier alpha value is -1.89. The molecule has 0 bridgehead atoms. The molecule has 0 radical (unpaired) electrons. The zero-order valence-electron chi connectivity index (χ0n) is 15.9. The van der Waals surface area contributed by atoms with E-state index in [0.717, 1.165) is 37.8 Å². The number of hydroxylamine groups is 1.